The van der Waals surface area contributed by atoms with Crippen LogP contribution in [0.5, 0.6) is 0 Å². The van der Waals surface area contributed by atoms with Crippen molar-refractivity contribution in [1.29, 1.82) is 0 Å². The molecule has 154 valence electrons. The van der Waals surface area contributed by atoms with Gasteiger partial charge in [-0.2, -0.15) is 0 Å². The number of H-pyrrole nitrogens is 1. The fourth-order valence-corrected chi connectivity index (χ4v) is 3.04. The summed E-state index contributed by atoms with van der Waals surface area (Å²) in [6.07, 6.45) is 4.67. The highest BCUT2D eigenvalue weighted by molar-refractivity contribution is 6.06. The summed E-state index contributed by atoms with van der Waals surface area (Å²) >= 11 is 0. The van der Waals surface area contributed by atoms with Crippen LogP contribution in [0.15, 0.2) is 36.7 Å². The van der Waals surface area contributed by atoms with E-state index in [4.69, 9.17) is 14.6 Å². The lowest BCUT2D eigenvalue weighted by molar-refractivity contribution is -0.138. The molecule has 2 aromatic heterocycles. The van der Waals surface area contributed by atoms with Crippen molar-refractivity contribution in [2.24, 2.45) is 0 Å². The molecule has 2 heterocycles. The van der Waals surface area contributed by atoms with Crippen LogP contribution in [0.25, 0.3) is 21.8 Å². The van der Waals surface area contributed by atoms with Crippen molar-refractivity contribution in [1.82, 2.24) is 15.3 Å². The molecule has 8 heteroatoms. The van der Waals surface area contributed by atoms with Gasteiger partial charge in [-0.15, -0.1) is 0 Å². The van der Waals surface area contributed by atoms with Gasteiger partial charge in [-0.25, -0.2) is 0 Å². The van der Waals surface area contributed by atoms with Crippen LogP contribution in [0.1, 0.15) is 18.4 Å². The first-order valence-electron chi connectivity index (χ1n) is 9.62. The minimum absolute atomic E-state index is 0.0134. The Morgan fingerprint density at radius 2 is 1.83 bits per heavy atom. The molecule has 0 fully saturated rings. The Kier molecular flexibility index (Phi) is 7.54. The monoisotopic (exact) mass is 399 g/mol. The molecule has 0 aliphatic heterocycles. The van der Waals surface area contributed by atoms with Gasteiger partial charge in [0.2, 0.25) is 5.91 Å². The largest absolute Gasteiger partial charge is 0.481 e. The normalized spacial score (nSPS) is 11.2. The SMILES string of the molecule is O=C(O)CCOCCOCCNC(=O)CCc1ccc2c(c1)[nH]c1ccncc12. The van der Waals surface area contributed by atoms with E-state index in [1.165, 1.54) is 0 Å². The predicted octanol–water partition coefficient (Wildman–Crippen LogP) is 2.27. The lowest BCUT2D eigenvalue weighted by atomic mass is 10.1. The maximum absolute atomic E-state index is 12.0. The number of aromatic amines is 1. The first kappa shape index (κ1) is 20.8. The first-order chi connectivity index (χ1) is 14.1. The molecule has 0 saturated heterocycles. The molecule has 0 saturated carbocycles. The first-order valence-corrected chi connectivity index (χ1v) is 9.62. The Hall–Kier alpha value is -2.97. The van der Waals surface area contributed by atoms with Crippen LogP contribution >= 0.6 is 0 Å². The zero-order valence-corrected chi connectivity index (χ0v) is 16.1. The van der Waals surface area contributed by atoms with E-state index in [9.17, 15) is 9.59 Å². The Balaban J connectivity index is 1.32. The van der Waals surface area contributed by atoms with E-state index >= 15 is 0 Å². The van der Waals surface area contributed by atoms with Crippen LogP contribution in [0.3, 0.4) is 0 Å². The molecule has 3 aromatic rings. The second-order valence-electron chi connectivity index (χ2n) is 6.64. The van der Waals surface area contributed by atoms with Crippen LogP contribution in [0, 0.1) is 0 Å². The fraction of sp³-hybridized carbons (Fsp3) is 0.381. The summed E-state index contributed by atoms with van der Waals surface area (Å²) in [6.45, 7) is 1.71. The number of hydrogen-bond donors (Lipinski definition) is 3. The quantitative estimate of drug-likeness (QED) is 0.403. The molecular formula is C21H25N3O5. The van der Waals surface area contributed by atoms with Crippen molar-refractivity contribution >= 4 is 33.7 Å². The van der Waals surface area contributed by atoms with Gasteiger partial charge in [-0.1, -0.05) is 12.1 Å². The average Bonchev–Trinajstić information content (AvgIpc) is 3.08. The van der Waals surface area contributed by atoms with Crippen molar-refractivity contribution in [2.75, 3.05) is 33.0 Å². The number of pyridine rings is 1. The van der Waals surface area contributed by atoms with Gasteiger partial charge in [-0.05, 0) is 24.1 Å². The summed E-state index contributed by atoms with van der Waals surface area (Å²) in [5.41, 5.74) is 3.20. The summed E-state index contributed by atoms with van der Waals surface area (Å²) in [4.78, 5) is 29.9. The second-order valence-corrected chi connectivity index (χ2v) is 6.64. The number of amides is 1. The minimum Gasteiger partial charge on any atom is -0.481 e. The molecule has 0 unspecified atom stereocenters. The molecule has 0 spiro atoms. The molecule has 1 aromatic carbocycles. The van der Waals surface area contributed by atoms with E-state index in [0.29, 0.717) is 39.2 Å². The number of carboxylic acids is 1. The van der Waals surface area contributed by atoms with Gasteiger partial charge < -0.3 is 24.9 Å². The number of carboxylic acid groups (broad SMARTS) is 1. The van der Waals surface area contributed by atoms with Gasteiger partial charge in [0, 0.05) is 47.2 Å². The Morgan fingerprint density at radius 1 is 1.00 bits per heavy atom. The summed E-state index contributed by atoms with van der Waals surface area (Å²) in [5, 5.41) is 13.5. The smallest absolute Gasteiger partial charge is 0.305 e. The van der Waals surface area contributed by atoms with Crippen LogP contribution < -0.4 is 5.32 Å². The molecule has 29 heavy (non-hydrogen) atoms. The third kappa shape index (κ3) is 6.27. The minimum atomic E-state index is -0.882. The molecule has 3 rings (SSSR count). The summed E-state index contributed by atoms with van der Waals surface area (Å²) in [5.74, 6) is -0.903. The van der Waals surface area contributed by atoms with Crippen molar-refractivity contribution in [3.63, 3.8) is 0 Å². The number of aliphatic carboxylic acids is 1. The zero-order chi connectivity index (χ0) is 20.5. The van der Waals surface area contributed by atoms with Crippen molar-refractivity contribution in [2.45, 2.75) is 19.3 Å². The Bertz CT molecular complexity index is 969. The molecule has 0 radical (unpaired) electrons. The number of ether oxygens (including phenoxy) is 2. The molecular weight excluding hydrogens is 374 g/mol. The van der Waals surface area contributed by atoms with Crippen molar-refractivity contribution in [3.05, 3.63) is 42.2 Å². The van der Waals surface area contributed by atoms with Gasteiger partial charge in [0.1, 0.15) is 0 Å². The number of carbonyl (C=O) groups is 2. The topological polar surface area (TPSA) is 114 Å². The zero-order valence-electron chi connectivity index (χ0n) is 16.1. The molecule has 0 aliphatic rings. The Morgan fingerprint density at radius 3 is 2.66 bits per heavy atom. The van der Waals surface area contributed by atoms with E-state index in [-0.39, 0.29) is 18.9 Å². The lowest BCUT2D eigenvalue weighted by Crippen LogP contribution is -2.27. The second kappa shape index (κ2) is 10.5. The highest BCUT2D eigenvalue weighted by Crippen LogP contribution is 2.25. The summed E-state index contributed by atoms with van der Waals surface area (Å²) in [6, 6.07) is 8.14. The van der Waals surface area contributed by atoms with E-state index < -0.39 is 5.97 Å². The summed E-state index contributed by atoms with van der Waals surface area (Å²) in [7, 11) is 0. The summed E-state index contributed by atoms with van der Waals surface area (Å²) < 4.78 is 10.4. The number of hydrogen-bond acceptors (Lipinski definition) is 5. The molecule has 3 N–H and O–H groups in total. The number of aryl methyl sites for hydroxylation is 1. The number of nitrogens with one attached hydrogen (secondary N) is 2. The van der Waals surface area contributed by atoms with E-state index in [1.54, 1.807) is 6.20 Å². The van der Waals surface area contributed by atoms with Crippen LogP contribution in [-0.2, 0) is 25.5 Å². The highest BCUT2D eigenvalue weighted by Gasteiger charge is 2.07. The number of aromatic nitrogens is 2. The predicted molar refractivity (Wildman–Crippen MR) is 109 cm³/mol. The number of benzene rings is 1. The number of fused-ring (bicyclic) bond motifs is 3. The van der Waals surface area contributed by atoms with E-state index in [0.717, 1.165) is 27.4 Å². The number of nitrogens with zero attached hydrogens (tertiary/aromatic N) is 1. The maximum Gasteiger partial charge on any atom is 0.305 e. The van der Waals surface area contributed by atoms with Gasteiger partial charge in [0.05, 0.1) is 32.8 Å². The van der Waals surface area contributed by atoms with Crippen LogP contribution in [0.4, 0.5) is 0 Å². The van der Waals surface area contributed by atoms with Gasteiger partial charge in [0.25, 0.3) is 0 Å². The van der Waals surface area contributed by atoms with Crippen LogP contribution in [0.2, 0.25) is 0 Å². The maximum atomic E-state index is 12.0. The fourth-order valence-electron chi connectivity index (χ4n) is 3.04. The lowest BCUT2D eigenvalue weighted by Gasteiger charge is -2.07. The van der Waals surface area contributed by atoms with E-state index in [2.05, 4.69) is 27.4 Å². The van der Waals surface area contributed by atoms with Gasteiger partial charge in [-0.3, -0.25) is 14.6 Å². The molecule has 0 atom stereocenters. The standard InChI is InChI=1S/C21H25N3O5/c25-20(23-8-10-29-12-11-28-9-6-21(26)27)4-2-15-1-3-16-17-14-22-7-5-18(17)24-19(16)13-15/h1,3,5,7,13-14,24H,2,4,6,8-12H2,(H,23,25)(H,26,27). The molecule has 1 amide bonds. The molecule has 8 nitrogen and oxygen atoms in total. The van der Waals surface area contributed by atoms with Crippen LogP contribution in [-0.4, -0.2) is 59.9 Å². The van der Waals surface area contributed by atoms with Gasteiger partial charge >= 0.3 is 5.97 Å². The third-order valence-corrected chi connectivity index (χ3v) is 4.51. The number of carbonyl (C=O) groups excluding carboxylic acids is 1. The average molecular weight is 399 g/mol. The third-order valence-electron chi connectivity index (χ3n) is 4.51. The van der Waals surface area contributed by atoms with Crippen molar-refractivity contribution < 1.29 is 24.2 Å². The highest BCUT2D eigenvalue weighted by atomic mass is 16.5. The van der Waals surface area contributed by atoms with Gasteiger partial charge in [0.15, 0.2) is 0 Å². The Labute approximate surface area is 168 Å². The number of rotatable bonds is 12. The molecule has 0 aliphatic carbocycles. The van der Waals surface area contributed by atoms with Crippen molar-refractivity contribution in [3.8, 4) is 0 Å². The van der Waals surface area contributed by atoms with E-state index in [1.807, 2.05) is 18.3 Å². The molecule has 0 bridgehead atoms.